The monoisotopic (exact) mass is 408 g/mol. The molecule has 3 aromatic rings. The number of benzene rings is 1. The molecular weight excluding hydrogens is 376 g/mol. The highest BCUT2D eigenvalue weighted by Gasteiger charge is 2.27. The molecule has 0 bridgehead atoms. The third kappa shape index (κ3) is 4.31. The molecule has 0 saturated heterocycles. The highest BCUT2D eigenvalue weighted by molar-refractivity contribution is 5.81. The summed E-state index contributed by atoms with van der Waals surface area (Å²) in [6, 6.07) is 8.61. The fraction of sp³-hybridized carbons (Fsp3) is 0.565. The first-order valence-corrected chi connectivity index (χ1v) is 11.0. The van der Waals surface area contributed by atoms with E-state index in [0.717, 1.165) is 40.7 Å². The van der Waals surface area contributed by atoms with E-state index in [4.69, 9.17) is 0 Å². The van der Waals surface area contributed by atoms with E-state index < -0.39 is 0 Å². The van der Waals surface area contributed by atoms with Crippen LogP contribution in [0.5, 0.6) is 0 Å². The molecule has 0 spiro atoms. The summed E-state index contributed by atoms with van der Waals surface area (Å²) in [5.41, 5.74) is 2.62. The fourth-order valence-corrected chi connectivity index (χ4v) is 4.53. The van der Waals surface area contributed by atoms with Gasteiger partial charge in [0.1, 0.15) is 0 Å². The minimum absolute atomic E-state index is 0.00646. The van der Waals surface area contributed by atoms with Crippen LogP contribution in [-0.2, 0) is 18.6 Å². The Labute approximate surface area is 177 Å². The standard InChI is InChI=1S/C23H32N6O/c1-16-9-8-10-17-13-18(22(30)24-21(16)17)14-28(19-11-6-5-7-12-19)15-20-25-26-27-29(20)23(2,3)4/h8-10,13,19H,5-7,11-12,14-15H2,1-4H3,(H,24,30). The van der Waals surface area contributed by atoms with Crippen LogP contribution in [0, 0.1) is 6.92 Å². The minimum Gasteiger partial charge on any atom is -0.321 e. The third-order valence-electron chi connectivity index (χ3n) is 6.14. The summed E-state index contributed by atoms with van der Waals surface area (Å²) in [4.78, 5) is 18.4. The molecule has 1 aromatic carbocycles. The number of hydrogen-bond donors (Lipinski definition) is 1. The Hall–Kier alpha value is -2.54. The Morgan fingerprint density at radius 3 is 2.67 bits per heavy atom. The van der Waals surface area contributed by atoms with E-state index in [2.05, 4.69) is 52.2 Å². The number of fused-ring (bicyclic) bond motifs is 1. The van der Waals surface area contributed by atoms with Gasteiger partial charge in [-0.3, -0.25) is 9.69 Å². The molecule has 7 heteroatoms. The summed E-state index contributed by atoms with van der Waals surface area (Å²) >= 11 is 0. The molecule has 4 rings (SSSR count). The Morgan fingerprint density at radius 2 is 1.93 bits per heavy atom. The lowest BCUT2D eigenvalue weighted by Gasteiger charge is -2.34. The Kier molecular flexibility index (Phi) is 5.73. The molecule has 1 N–H and O–H groups in total. The number of rotatable bonds is 5. The van der Waals surface area contributed by atoms with Gasteiger partial charge >= 0.3 is 0 Å². The molecule has 1 fully saturated rings. The predicted octanol–water partition coefficient (Wildman–Crippen LogP) is 3.91. The summed E-state index contributed by atoms with van der Waals surface area (Å²) in [6.45, 7) is 9.58. The third-order valence-corrected chi connectivity index (χ3v) is 6.14. The van der Waals surface area contributed by atoms with E-state index >= 15 is 0 Å². The number of nitrogens with one attached hydrogen (secondary N) is 1. The molecule has 1 aliphatic carbocycles. The number of hydrogen-bond acceptors (Lipinski definition) is 5. The van der Waals surface area contributed by atoms with Crippen LogP contribution >= 0.6 is 0 Å². The van der Waals surface area contributed by atoms with Gasteiger partial charge in [0.25, 0.3) is 5.56 Å². The quantitative estimate of drug-likeness (QED) is 0.692. The van der Waals surface area contributed by atoms with Gasteiger partial charge in [-0.15, -0.1) is 5.10 Å². The van der Waals surface area contributed by atoms with Crippen molar-refractivity contribution in [3.63, 3.8) is 0 Å². The molecule has 30 heavy (non-hydrogen) atoms. The van der Waals surface area contributed by atoms with E-state index in [1.165, 1.54) is 19.3 Å². The number of para-hydroxylation sites is 1. The van der Waals surface area contributed by atoms with Crippen molar-refractivity contribution in [3.05, 3.63) is 51.6 Å². The first-order valence-electron chi connectivity index (χ1n) is 11.0. The zero-order valence-electron chi connectivity index (χ0n) is 18.5. The second-order valence-corrected chi connectivity index (χ2v) is 9.54. The average Bonchev–Trinajstić information content (AvgIpc) is 3.18. The van der Waals surface area contributed by atoms with Gasteiger partial charge < -0.3 is 4.98 Å². The minimum atomic E-state index is -0.185. The van der Waals surface area contributed by atoms with Gasteiger partial charge in [0.15, 0.2) is 5.82 Å². The summed E-state index contributed by atoms with van der Waals surface area (Å²) in [7, 11) is 0. The summed E-state index contributed by atoms with van der Waals surface area (Å²) in [6.07, 6.45) is 6.07. The van der Waals surface area contributed by atoms with E-state index in [9.17, 15) is 4.79 Å². The van der Waals surface area contributed by atoms with Crippen LogP contribution in [0.4, 0.5) is 0 Å². The first kappa shape index (κ1) is 20.7. The maximum atomic E-state index is 12.9. The SMILES string of the molecule is Cc1cccc2cc(CN(Cc3nnnn3C(C)(C)C)C3CCCCC3)c(=O)[nH]c12. The van der Waals surface area contributed by atoms with Gasteiger partial charge in [0, 0.05) is 18.2 Å². The topological polar surface area (TPSA) is 79.7 Å². The first-order chi connectivity index (χ1) is 14.3. The van der Waals surface area contributed by atoms with Crippen LogP contribution in [0.3, 0.4) is 0 Å². The smallest absolute Gasteiger partial charge is 0.252 e. The van der Waals surface area contributed by atoms with Gasteiger partial charge in [0.2, 0.25) is 0 Å². The molecular formula is C23H32N6O. The van der Waals surface area contributed by atoms with Crippen LogP contribution < -0.4 is 5.56 Å². The van der Waals surface area contributed by atoms with Gasteiger partial charge in [-0.1, -0.05) is 37.5 Å². The lowest BCUT2D eigenvalue weighted by molar-refractivity contribution is 0.130. The summed E-state index contributed by atoms with van der Waals surface area (Å²) in [5, 5.41) is 13.5. The Balaban J connectivity index is 1.67. The van der Waals surface area contributed by atoms with E-state index in [-0.39, 0.29) is 11.1 Å². The van der Waals surface area contributed by atoms with Crippen molar-refractivity contribution < 1.29 is 0 Å². The lowest BCUT2D eigenvalue weighted by atomic mass is 9.93. The second-order valence-electron chi connectivity index (χ2n) is 9.54. The second kappa shape index (κ2) is 8.30. The molecule has 2 aromatic heterocycles. The highest BCUT2D eigenvalue weighted by atomic mass is 16.1. The van der Waals surface area contributed by atoms with Crippen LogP contribution in [0.1, 0.15) is 69.8 Å². The predicted molar refractivity (Wildman–Crippen MR) is 118 cm³/mol. The summed E-state index contributed by atoms with van der Waals surface area (Å²) < 4.78 is 1.90. The Bertz CT molecular complexity index is 1070. The number of H-pyrrole nitrogens is 1. The zero-order valence-corrected chi connectivity index (χ0v) is 18.5. The van der Waals surface area contributed by atoms with Crippen molar-refractivity contribution in [1.82, 2.24) is 30.1 Å². The number of nitrogens with zero attached hydrogens (tertiary/aromatic N) is 5. The number of pyridine rings is 1. The van der Waals surface area contributed by atoms with Crippen molar-refractivity contribution in [2.75, 3.05) is 0 Å². The van der Waals surface area contributed by atoms with Crippen LogP contribution in [0.15, 0.2) is 29.1 Å². The van der Waals surface area contributed by atoms with Crippen LogP contribution in [0.25, 0.3) is 10.9 Å². The van der Waals surface area contributed by atoms with Crippen molar-refractivity contribution in [3.8, 4) is 0 Å². The normalized spacial score (nSPS) is 15.9. The molecule has 0 amide bonds. The Morgan fingerprint density at radius 1 is 1.17 bits per heavy atom. The molecule has 160 valence electrons. The van der Waals surface area contributed by atoms with Crippen molar-refractivity contribution in [2.45, 2.75) is 84.5 Å². The molecule has 0 radical (unpaired) electrons. The fourth-order valence-electron chi connectivity index (χ4n) is 4.53. The average molecular weight is 409 g/mol. The van der Waals surface area contributed by atoms with Crippen molar-refractivity contribution in [2.24, 2.45) is 0 Å². The molecule has 2 heterocycles. The molecule has 0 atom stereocenters. The molecule has 7 nitrogen and oxygen atoms in total. The molecule has 1 saturated carbocycles. The van der Waals surface area contributed by atoms with Crippen LogP contribution in [0.2, 0.25) is 0 Å². The van der Waals surface area contributed by atoms with Gasteiger partial charge in [-0.25, -0.2) is 4.68 Å². The van der Waals surface area contributed by atoms with Crippen LogP contribution in [-0.4, -0.2) is 36.1 Å². The van der Waals surface area contributed by atoms with Crippen molar-refractivity contribution >= 4 is 10.9 Å². The summed E-state index contributed by atoms with van der Waals surface area (Å²) in [5.74, 6) is 0.848. The van der Waals surface area contributed by atoms with Crippen molar-refractivity contribution in [1.29, 1.82) is 0 Å². The molecule has 0 aliphatic heterocycles. The van der Waals surface area contributed by atoms with E-state index in [1.54, 1.807) is 0 Å². The molecule has 0 unspecified atom stereocenters. The number of aromatic nitrogens is 5. The maximum absolute atomic E-state index is 12.9. The lowest BCUT2D eigenvalue weighted by Crippen LogP contribution is -2.39. The van der Waals surface area contributed by atoms with Gasteiger partial charge in [-0.05, 0) is 68.0 Å². The number of tetrazole rings is 1. The van der Waals surface area contributed by atoms with Gasteiger partial charge in [-0.2, -0.15) is 0 Å². The largest absolute Gasteiger partial charge is 0.321 e. The van der Waals surface area contributed by atoms with Gasteiger partial charge in [0.05, 0.1) is 17.6 Å². The van der Waals surface area contributed by atoms with E-state index in [1.807, 2.05) is 29.8 Å². The highest BCUT2D eigenvalue weighted by Crippen LogP contribution is 2.26. The zero-order chi connectivity index (χ0) is 21.3. The number of aromatic amines is 1. The molecule has 1 aliphatic rings. The van der Waals surface area contributed by atoms with E-state index in [0.29, 0.717) is 19.1 Å². The number of aryl methyl sites for hydroxylation is 1. The maximum Gasteiger partial charge on any atom is 0.252 e.